The second-order valence-corrected chi connectivity index (χ2v) is 15.5. The minimum absolute atomic E-state index is 0.166. The van der Waals surface area contributed by atoms with Gasteiger partial charge < -0.3 is 9.80 Å². The fourth-order valence-corrected chi connectivity index (χ4v) is 9.14. The monoisotopic (exact) mass is 754 g/mol. The standard InChI is InChI=1S/C54H39BN4/c1-58-49-27-14-12-25-45(49)55-46-26-13-15-28-50(46)59(2)52-34-43(33-51(58)53(52)55)39-23-16-24-40(29-39)47-35-48(57-54(56-47)38-21-10-5-11-22-38)44-31-41(36-17-6-3-7-18-36)30-42(32-44)37-19-8-4-9-20-37/h3-35H,1-2H3. The fraction of sp³-hybridized carbons (Fsp3) is 0.0370. The van der Waals surface area contributed by atoms with Crippen LogP contribution in [0.4, 0.5) is 22.7 Å². The molecule has 278 valence electrons. The van der Waals surface area contributed by atoms with Gasteiger partial charge in [-0.2, -0.15) is 0 Å². The maximum absolute atomic E-state index is 5.27. The first-order valence-corrected chi connectivity index (χ1v) is 20.2. The maximum atomic E-state index is 5.27. The Morgan fingerprint density at radius 3 is 1.29 bits per heavy atom. The number of hydrogen-bond donors (Lipinski definition) is 0. The molecule has 0 radical (unpaired) electrons. The van der Waals surface area contributed by atoms with Gasteiger partial charge in [-0.25, -0.2) is 9.97 Å². The van der Waals surface area contributed by atoms with Crippen LogP contribution in [0.15, 0.2) is 200 Å². The molecule has 2 aliphatic heterocycles. The molecule has 59 heavy (non-hydrogen) atoms. The Morgan fingerprint density at radius 1 is 0.322 bits per heavy atom. The molecule has 0 saturated carbocycles. The highest BCUT2D eigenvalue weighted by molar-refractivity contribution is 7.00. The van der Waals surface area contributed by atoms with Crippen LogP contribution in [0.2, 0.25) is 0 Å². The zero-order valence-corrected chi connectivity index (χ0v) is 32.9. The fourth-order valence-electron chi connectivity index (χ4n) is 9.14. The third-order valence-corrected chi connectivity index (χ3v) is 12.1. The SMILES string of the molecule is CN1c2ccccc2B2c3ccccc3N(C)c3cc(-c4cccc(-c5cc(-c6cc(-c7ccccc7)cc(-c7ccccc7)c6)nc(-c6ccccc6)n5)c4)cc1c32. The average Bonchev–Trinajstić information content (AvgIpc) is 3.32. The lowest BCUT2D eigenvalue weighted by Crippen LogP contribution is -2.61. The minimum Gasteiger partial charge on any atom is -0.345 e. The molecule has 4 nitrogen and oxygen atoms in total. The van der Waals surface area contributed by atoms with Gasteiger partial charge in [0.2, 0.25) is 0 Å². The Bertz CT molecular complexity index is 2910. The topological polar surface area (TPSA) is 32.3 Å². The van der Waals surface area contributed by atoms with Crippen LogP contribution in [0.1, 0.15) is 0 Å². The molecule has 0 atom stereocenters. The van der Waals surface area contributed by atoms with Gasteiger partial charge in [0.1, 0.15) is 0 Å². The molecular formula is C54H39BN4. The highest BCUT2D eigenvalue weighted by Crippen LogP contribution is 2.40. The summed E-state index contributed by atoms with van der Waals surface area (Å²) in [4.78, 5) is 15.3. The van der Waals surface area contributed by atoms with E-state index in [4.69, 9.17) is 9.97 Å². The van der Waals surface area contributed by atoms with Crippen LogP contribution in [-0.2, 0) is 0 Å². The predicted molar refractivity (Wildman–Crippen MR) is 248 cm³/mol. The Kier molecular flexibility index (Phi) is 8.33. The molecular weight excluding hydrogens is 715 g/mol. The lowest BCUT2D eigenvalue weighted by Gasteiger charge is -2.42. The molecule has 1 aromatic heterocycles. The van der Waals surface area contributed by atoms with Crippen molar-refractivity contribution in [2.45, 2.75) is 0 Å². The summed E-state index contributed by atoms with van der Waals surface area (Å²) in [6, 6.07) is 71.8. The van der Waals surface area contributed by atoms with E-state index in [9.17, 15) is 0 Å². The summed E-state index contributed by atoms with van der Waals surface area (Å²) in [5.41, 5.74) is 20.7. The van der Waals surface area contributed by atoms with Crippen molar-refractivity contribution in [1.29, 1.82) is 0 Å². The number of hydrogen-bond acceptors (Lipinski definition) is 4. The Morgan fingerprint density at radius 2 is 0.729 bits per heavy atom. The molecule has 0 N–H and O–H groups in total. The molecule has 5 heteroatoms. The van der Waals surface area contributed by atoms with Crippen molar-refractivity contribution in [1.82, 2.24) is 9.97 Å². The number of rotatable bonds is 6. The quantitative estimate of drug-likeness (QED) is 0.158. The van der Waals surface area contributed by atoms with E-state index in [0.29, 0.717) is 5.82 Å². The van der Waals surface area contributed by atoms with Gasteiger partial charge in [-0.15, -0.1) is 0 Å². The Labute approximate surface area is 345 Å². The van der Waals surface area contributed by atoms with Crippen molar-refractivity contribution in [2.24, 2.45) is 0 Å². The van der Waals surface area contributed by atoms with Crippen LogP contribution >= 0.6 is 0 Å². The Hall–Kier alpha value is -7.50. The van der Waals surface area contributed by atoms with E-state index in [1.807, 2.05) is 18.2 Å². The number of anilines is 4. The summed E-state index contributed by atoms with van der Waals surface area (Å²) >= 11 is 0. The number of aromatic nitrogens is 2. The van der Waals surface area contributed by atoms with Gasteiger partial charge in [0.15, 0.2) is 5.82 Å². The summed E-state index contributed by atoms with van der Waals surface area (Å²) in [6.45, 7) is 0.166. The van der Waals surface area contributed by atoms with Gasteiger partial charge in [-0.05, 0) is 104 Å². The van der Waals surface area contributed by atoms with Gasteiger partial charge in [-0.3, -0.25) is 0 Å². The second-order valence-electron chi connectivity index (χ2n) is 15.5. The van der Waals surface area contributed by atoms with Crippen LogP contribution in [0.3, 0.4) is 0 Å². The summed E-state index contributed by atoms with van der Waals surface area (Å²) < 4.78 is 0. The van der Waals surface area contributed by atoms with Crippen molar-refractivity contribution in [3.8, 4) is 67.3 Å². The largest absolute Gasteiger partial charge is 0.345 e. The van der Waals surface area contributed by atoms with Crippen LogP contribution in [0.25, 0.3) is 67.3 Å². The van der Waals surface area contributed by atoms with E-state index in [1.54, 1.807) is 0 Å². The van der Waals surface area contributed by atoms with Crippen molar-refractivity contribution >= 4 is 45.9 Å². The van der Waals surface area contributed by atoms with Gasteiger partial charge in [0.25, 0.3) is 6.71 Å². The van der Waals surface area contributed by atoms with Gasteiger partial charge in [0.05, 0.1) is 11.4 Å². The summed E-state index contributed by atoms with van der Waals surface area (Å²) in [6.07, 6.45) is 0. The highest BCUT2D eigenvalue weighted by atomic mass is 15.1. The third-order valence-electron chi connectivity index (χ3n) is 12.1. The number of para-hydroxylation sites is 2. The first-order valence-electron chi connectivity index (χ1n) is 20.2. The van der Waals surface area contributed by atoms with Gasteiger partial charge >= 0.3 is 0 Å². The predicted octanol–water partition coefficient (Wildman–Crippen LogP) is 11.2. The highest BCUT2D eigenvalue weighted by Gasteiger charge is 2.40. The first-order chi connectivity index (χ1) is 29.1. The van der Waals surface area contributed by atoms with Crippen molar-refractivity contribution in [3.63, 3.8) is 0 Å². The van der Waals surface area contributed by atoms with Crippen molar-refractivity contribution < 1.29 is 0 Å². The molecule has 3 heterocycles. The minimum atomic E-state index is 0.166. The number of nitrogens with zero attached hydrogens (tertiary/aromatic N) is 4. The molecule has 11 rings (SSSR count). The van der Waals surface area contributed by atoms with E-state index >= 15 is 0 Å². The summed E-state index contributed by atoms with van der Waals surface area (Å²) in [7, 11) is 4.41. The lowest BCUT2D eigenvalue weighted by molar-refractivity contribution is 1.18. The van der Waals surface area contributed by atoms with Crippen LogP contribution in [-0.4, -0.2) is 30.8 Å². The first kappa shape index (κ1) is 34.7. The maximum Gasteiger partial charge on any atom is 0.252 e. The lowest BCUT2D eigenvalue weighted by atomic mass is 9.33. The van der Waals surface area contributed by atoms with E-state index in [0.717, 1.165) is 61.5 Å². The molecule has 8 aromatic carbocycles. The van der Waals surface area contributed by atoms with Crippen LogP contribution in [0.5, 0.6) is 0 Å². The molecule has 9 aromatic rings. The molecule has 2 aliphatic rings. The van der Waals surface area contributed by atoms with Gasteiger partial charge in [-0.1, -0.05) is 146 Å². The van der Waals surface area contributed by atoms with E-state index in [2.05, 4.69) is 206 Å². The number of benzene rings is 8. The molecule has 0 fully saturated rings. The van der Waals surface area contributed by atoms with Gasteiger partial charge in [0, 0.05) is 53.5 Å². The zero-order valence-electron chi connectivity index (χ0n) is 32.9. The Balaban J connectivity index is 1.07. The molecule has 0 unspecified atom stereocenters. The zero-order chi connectivity index (χ0) is 39.5. The summed E-state index contributed by atoms with van der Waals surface area (Å²) in [5, 5.41) is 0. The molecule has 0 spiro atoms. The molecule has 0 bridgehead atoms. The van der Waals surface area contributed by atoms with E-state index in [-0.39, 0.29) is 6.71 Å². The summed E-state index contributed by atoms with van der Waals surface area (Å²) in [5.74, 6) is 0.694. The van der Waals surface area contributed by atoms with E-state index < -0.39 is 0 Å². The average molecular weight is 755 g/mol. The second kappa shape index (κ2) is 14.2. The molecule has 0 amide bonds. The molecule has 0 saturated heterocycles. The van der Waals surface area contributed by atoms with Crippen LogP contribution < -0.4 is 26.2 Å². The van der Waals surface area contributed by atoms with E-state index in [1.165, 1.54) is 39.1 Å². The normalized spacial score (nSPS) is 12.5. The number of fused-ring (bicyclic) bond motifs is 4. The van der Waals surface area contributed by atoms with Crippen LogP contribution in [0, 0.1) is 0 Å². The van der Waals surface area contributed by atoms with Crippen molar-refractivity contribution in [3.05, 3.63) is 200 Å². The van der Waals surface area contributed by atoms with Crippen molar-refractivity contribution in [2.75, 3.05) is 23.9 Å². The third kappa shape index (κ3) is 6.02. The smallest absolute Gasteiger partial charge is 0.252 e. The molecule has 0 aliphatic carbocycles.